The van der Waals surface area contributed by atoms with Crippen molar-refractivity contribution in [1.29, 1.82) is 0 Å². The average Bonchev–Trinajstić information content (AvgIpc) is 3.04. The number of rotatable bonds is 6. The molecule has 0 fully saturated rings. The number of amides is 1. The first-order valence-corrected chi connectivity index (χ1v) is 8.54. The minimum Gasteiger partial charge on any atom is -0.342 e. The van der Waals surface area contributed by atoms with Gasteiger partial charge in [-0.3, -0.25) is 4.79 Å². The number of aryl methyl sites for hydroxylation is 1. The van der Waals surface area contributed by atoms with Gasteiger partial charge in [-0.1, -0.05) is 48.5 Å². The maximum atomic E-state index is 12.8. The van der Waals surface area contributed by atoms with Gasteiger partial charge in [-0.2, -0.15) is 9.90 Å². The summed E-state index contributed by atoms with van der Waals surface area (Å²) in [5.74, 6) is -0.222. The second kappa shape index (κ2) is 7.93. The number of aromatic nitrogens is 3. The van der Waals surface area contributed by atoms with Crippen LogP contribution in [0.4, 0.5) is 0 Å². The lowest BCUT2D eigenvalue weighted by Crippen LogP contribution is -2.35. The third-order valence-electron chi connectivity index (χ3n) is 4.04. The molecule has 134 valence electrons. The number of hydrogen-bond donors (Lipinski definition) is 1. The number of hydrogen-bond acceptors (Lipinski definition) is 4. The monoisotopic (exact) mass is 349 g/mol. The number of nitrogens with zero attached hydrogens (tertiary/aromatic N) is 4. The van der Waals surface area contributed by atoms with Crippen molar-refractivity contribution in [3.8, 4) is 5.69 Å². The third kappa shape index (κ3) is 4.15. The molecule has 3 aromatic rings. The van der Waals surface area contributed by atoms with Crippen LogP contribution in [0.3, 0.4) is 0 Å². The standard InChI is InChI=1S/C20H23N5O/c1-15-19(23-25(22-15)17-12-8-5-9-13-17)20(26)21-18(14-24(2)3)16-10-6-4-7-11-16/h4-13,18H,14H2,1-3H3,(H,21,26)/t18-/m1/s1. The van der Waals surface area contributed by atoms with Crippen LogP contribution in [-0.4, -0.2) is 46.4 Å². The Hall–Kier alpha value is -2.99. The summed E-state index contributed by atoms with van der Waals surface area (Å²) >= 11 is 0. The number of para-hydroxylation sites is 1. The van der Waals surface area contributed by atoms with Gasteiger partial charge < -0.3 is 10.2 Å². The Kier molecular flexibility index (Phi) is 5.43. The fourth-order valence-electron chi connectivity index (χ4n) is 2.78. The summed E-state index contributed by atoms with van der Waals surface area (Å²) in [4.78, 5) is 16.4. The maximum Gasteiger partial charge on any atom is 0.274 e. The van der Waals surface area contributed by atoms with Crippen molar-refractivity contribution in [1.82, 2.24) is 25.2 Å². The molecule has 0 saturated heterocycles. The van der Waals surface area contributed by atoms with Crippen molar-refractivity contribution < 1.29 is 4.79 Å². The summed E-state index contributed by atoms with van der Waals surface area (Å²) < 4.78 is 0. The van der Waals surface area contributed by atoms with Gasteiger partial charge in [0.15, 0.2) is 5.69 Å². The van der Waals surface area contributed by atoms with Crippen molar-refractivity contribution >= 4 is 5.91 Å². The largest absolute Gasteiger partial charge is 0.342 e. The van der Waals surface area contributed by atoms with Gasteiger partial charge in [0.05, 0.1) is 17.4 Å². The lowest BCUT2D eigenvalue weighted by Gasteiger charge is -2.22. The second-order valence-corrected chi connectivity index (χ2v) is 6.46. The zero-order valence-electron chi connectivity index (χ0n) is 15.3. The predicted molar refractivity (Wildman–Crippen MR) is 101 cm³/mol. The lowest BCUT2D eigenvalue weighted by molar-refractivity contribution is 0.0924. The molecule has 6 nitrogen and oxygen atoms in total. The molecule has 26 heavy (non-hydrogen) atoms. The molecule has 1 atom stereocenters. The predicted octanol–water partition coefficient (Wildman–Crippen LogP) is 2.61. The summed E-state index contributed by atoms with van der Waals surface area (Å²) in [6.45, 7) is 2.49. The van der Waals surface area contributed by atoms with Gasteiger partial charge in [-0.05, 0) is 38.7 Å². The van der Waals surface area contributed by atoms with Crippen LogP contribution in [0.15, 0.2) is 60.7 Å². The van der Waals surface area contributed by atoms with E-state index < -0.39 is 0 Å². The van der Waals surface area contributed by atoms with Crippen LogP contribution >= 0.6 is 0 Å². The normalized spacial score (nSPS) is 12.2. The first kappa shape index (κ1) is 17.8. The fraction of sp³-hybridized carbons (Fsp3) is 0.250. The Morgan fingerprint density at radius 1 is 1.04 bits per heavy atom. The first-order valence-electron chi connectivity index (χ1n) is 8.54. The van der Waals surface area contributed by atoms with E-state index in [1.807, 2.05) is 79.7 Å². The van der Waals surface area contributed by atoms with Crippen LogP contribution in [0.2, 0.25) is 0 Å². The van der Waals surface area contributed by atoms with Gasteiger partial charge in [-0.25, -0.2) is 0 Å². The molecule has 6 heteroatoms. The molecule has 0 aliphatic rings. The molecule has 0 unspecified atom stereocenters. The zero-order valence-corrected chi connectivity index (χ0v) is 15.3. The summed E-state index contributed by atoms with van der Waals surface area (Å²) in [5, 5.41) is 11.9. The Balaban J connectivity index is 1.83. The van der Waals surface area contributed by atoms with Crippen molar-refractivity contribution in [3.63, 3.8) is 0 Å². The minimum atomic E-state index is -0.222. The molecule has 0 aliphatic carbocycles. The highest BCUT2D eigenvalue weighted by molar-refractivity contribution is 5.93. The van der Waals surface area contributed by atoms with E-state index in [1.54, 1.807) is 6.92 Å². The number of likely N-dealkylation sites (N-methyl/N-ethyl adjacent to an activating group) is 1. The molecule has 0 aliphatic heterocycles. The topological polar surface area (TPSA) is 63.1 Å². The molecular formula is C20H23N5O. The molecular weight excluding hydrogens is 326 g/mol. The SMILES string of the molecule is Cc1nn(-c2ccccc2)nc1C(=O)N[C@H](CN(C)C)c1ccccc1. The van der Waals surface area contributed by atoms with E-state index in [0.717, 1.165) is 11.3 Å². The summed E-state index contributed by atoms with van der Waals surface area (Å²) in [6.07, 6.45) is 0. The van der Waals surface area contributed by atoms with Gasteiger partial charge in [0.2, 0.25) is 0 Å². The van der Waals surface area contributed by atoms with Crippen molar-refractivity contribution in [2.24, 2.45) is 0 Å². The van der Waals surface area contributed by atoms with Crippen molar-refractivity contribution in [3.05, 3.63) is 77.6 Å². The molecule has 0 radical (unpaired) electrons. The van der Waals surface area contributed by atoms with Gasteiger partial charge in [0.1, 0.15) is 0 Å². The van der Waals surface area contributed by atoms with E-state index in [1.165, 1.54) is 4.80 Å². The molecule has 3 rings (SSSR count). The minimum absolute atomic E-state index is 0.125. The van der Waals surface area contributed by atoms with Gasteiger partial charge in [0, 0.05) is 6.54 Å². The summed E-state index contributed by atoms with van der Waals surface area (Å²) in [7, 11) is 3.97. The van der Waals surface area contributed by atoms with Crippen LogP contribution in [0, 0.1) is 6.92 Å². The van der Waals surface area contributed by atoms with Crippen molar-refractivity contribution in [2.75, 3.05) is 20.6 Å². The van der Waals surface area contributed by atoms with Crippen LogP contribution < -0.4 is 5.32 Å². The quantitative estimate of drug-likeness (QED) is 0.743. The molecule has 1 heterocycles. The van der Waals surface area contributed by atoms with E-state index in [4.69, 9.17) is 0 Å². The number of carbonyl (C=O) groups is 1. The van der Waals surface area contributed by atoms with Crippen LogP contribution in [-0.2, 0) is 0 Å². The Labute approximate surface area is 153 Å². The zero-order chi connectivity index (χ0) is 18.5. The molecule has 1 amide bonds. The number of benzene rings is 2. The highest BCUT2D eigenvalue weighted by atomic mass is 16.2. The third-order valence-corrected chi connectivity index (χ3v) is 4.04. The molecule has 0 saturated carbocycles. The molecule has 0 spiro atoms. The van der Waals surface area contributed by atoms with E-state index in [2.05, 4.69) is 15.5 Å². The van der Waals surface area contributed by atoms with Crippen molar-refractivity contribution in [2.45, 2.75) is 13.0 Å². The van der Waals surface area contributed by atoms with Gasteiger partial charge in [-0.15, -0.1) is 5.10 Å². The first-order chi connectivity index (χ1) is 12.5. The fourth-order valence-corrected chi connectivity index (χ4v) is 2.78. The average molecular weight is 349 g/mol. The highest BCUT2D eigenvalue weighted by Crippen LogP contribution is 2.15. The maximum absolute atomic E-state index is 12.8. The summed E-state index contributed by atoms with van der Waals surface area (Å²) in [6, 6.07) is 19.4. The van der Waals surface area contributed by atoms with E-state index >= 15 is 0 Å². The van der Waals surface area contributed by atoms with E-state index in [-0.39, 0.29) is 11.9 Å². The molecule has 2 aromatic carbocycles. The Morgan fingerprint density at radius 2 is 1.65 bits per heavy atom. The second-order valence-electron chi connectivity index (χ2n) is 6.46. The van der Waals surface area contributed by atoms with E-state index in [0.29, 0.717) is 17.9 Å². The van der Waals surface area contributed by atoms with Gasteiger partial charge >= 0.3 is 0 Å². The Bertz CT molecular complexity index is 858. The number of carbonyl (C=O) groups excluding carboxylic acids is 1. The smallest absolute Gasteiger partial charge is 0.274 e. The Morgan fingerprint density at radius 3 is 2.27 bits per heavy atom. The highest BCUT2D eigenvalue weighted by Gasteiger charge is 2.21. The molecule has 1 aromatic heterocycles. The number of nitrogens with one attached hydrogen (secondary N) is 1. The van der Waals surface area contributed by atoms with Crippen LogP contribution in [0.5, 0.6) is 0 Å². The summed E-state index contributed by atoms with van der Waals surface area (Å²) in [5.41, 5.74) is 2.82. The molecule has 1 N–H and O–H groups in total. The van der Waals surface area contributed by atoms with E-state index in [9.17, 15) is 4.79 Å². The van der Waals surface area contributed by atoms with Crippen LogP contribution in [0.25, 0.3) is 5.69 Å². The lowest BCUT2D eigenvalue weighted by atomic mass is 10.1. The van der Waals surface area contributed by atoms with Gasteiger partial charge in [0.25, 0.3) is 5.91 Å². The van der Waals surface area contributed by atoms with Crippen LogP contribution in [0.1, 0.15) is 27.8 Å². The molecule has 0 bridgehead atoms.